The van der Waals surface area contributed by atoms with Crippen LogP contribution in [0.4, 0.5) is 0 Å². The van der Waals surface area contributed by atoms with Gasteiger partial charge in [-0.1, -0.05) is 23.8 Å². The number of nitrogens with one attached hydrogen (secondary N) is 1. The minimum absolute atomic E-state index is 0.252. The van der Waals surface area contributed by atoms with Crippen molar-refractivity contribution in [1.29, 1.82) is 0 Å². The first kappa shape index (κ1) is 13.5. The van der Waals surface area contributed by atoms with E-state index < -0.39 is 0 Å². The van der Waals surface area contributed by atoms with Gasteiger partial charge in [-0.3, -0.25) is 4.90 Å². The maximum absolute atomic E-state index is 9.33. The van der Waals surface area contributed by atoms with E-state index in [1.165, 1.54) is 16.7 Å². The van der Waals surface area contributed by atoms with Crippen LogP contribution in [0.5, 0.6) is 0 Å². The molecule has 2 N–H and O–H groups in total. The Labute approximate surface area is 110 Å². The Morgan fingerprint density at radius 3 is 2.61 bits per heavy atom. The molecule has 3 nitrogen and oxygen atoms in total. The van der Waals surface area contributed by atoms with Crippen molar-refractivity contribution in [2.24, 2.45) is 0 Å². The summed E-state index contributed by atoms with van der Waals surface area (Å²) >= 11 is 0. The van der Waals surface area contributed by atoms with Crippen LogP contribution in [0.15, 0.2) is 18.2 Å². The van der Waals surface area contributed by atoms with Gasteiger partial charge in [-0.25, -0.2) is 0 Å². The van der Waals surface area contributed by atoms with E-state index in [2.05, 4.69) is 42.3 Å². The molecule has 1 atom stereocenters. The van der Waals surface area contributed by atoms with Gasteiger partial charge in [-0.2, -0.15) is 0 Å². The summed E-state index contributed by atoms with van der Waals surface area (Å²) in [6.45, 7) is 8.79. The predicted molar refractivity (Wildman–Crippen MR) is 74.8 cm³/mol. The lowest BCUT2D eigenvalue weighted by molar-refractivity contribution is 0.140. The Morgan fingerprint density at radius 2 is 2.00 bits per heavy atom. The van der Waals surface area contributed by atoms with Crippen molar-refractivity contribution in [1.82, 2.24) is 10.2 Å². The molecule has 0 aromatic heterocycles. The van der Waals surface area contributed by atoms with Crippen molar-refractivity contribution in [3.63, 3.8) is 0 Å². The van der Waals surface area contributed by atoms with Crippen molar-refractivity contribution in [3.05, 3.63) is 34.9 Å². The largest absolute Gasteiger partial charge is 0.396 e. The van der Waals surface area contributed by atoms with E-state index in [0.29, 0.717) is 6.04 Å². The number of aliphatic hydroxyl groups is 1. The third kappa shape index (κ3) is 3.10. The van der Waals surface area contributed by atoms with Gasteiger partial charge in [0.1, 0.15) is 0 Å². The summed E-state index contributed by atoms with van der Waals surface area (Å²) in [5.41, 5.74) is 4.02. The summed E-state index contributed by atoms with van der Waals surface area (Å²) in [6.07, 6.45) is 0.823. The fourth-order valence-electron chi connectivity index (χ4n) is 2.85. The van der Waals surface area contributed by atoms with Crippen molar-refractivity contribution in [3.8, 4) is 0 Å². The second-order valence-electron chi connectivity index (χ2n) is 5.17. The van der Waals surface area contributed by atoms with Crippen molar-refractivity contribution in [2.45, 2.75) is 26.3 Å². The Morgan fingerprint density at radius 1 is 1.28 bits per heavy atom. The number of aryl methyl sites for hydroxylation is 2. The van der Waals surface area contributed by atoms with E-state index in [4.69, 9.17) is 0 Å². The smallest absolute Gasteiger partial charge is 0.0449 e. The highest BCUT2D eigenvalue weighted by atomic mass is 16.3. The van der Waals surface area contributed by atoms with Crippen LogP contribution in [-0.4, -0.2) is 42.8 Å². The van der Waals surface area contributed by atoms with E-state index in [0.717, 1.165) is 32.6 Å². The maximum atomic E-state index is 9.33. The maximum Gasteiger partial charge on any atom is 0.0449 e. The first-order chi connectivity index (χ1) is 8.72. The first-order valence-electron chi connectivity index (χ1n) is 6.85. The van der Waals surface area contributed by atoms with E-state index >= 15 is 0 Å². The monoisotopic (exact) mass is 248 g/mol. The molecule has 1 aliphatic heterocycles. The molecule has 0 radical (unpaired) electrons. The van der Waals surface area contributed by atoms with Crippen LogP contribution in [0.25, 0.3) is 0 Å². The summed E-state index contributed by atoms with van der Waals surface area (Å²) in [7, 11) is 0. The van der Waals surface area contributed by atoms with Crippen LogP contribution >= 0.6 is 0 Å². The number of aliphatic hydroxyl groups excluding tert-OH is 1. The standard InChI is InChI=1S/C15H24N2O/c1-12-3-4-14(13(2)11-12)15(5-10-18)17-8-6-16-7-9-17/h3-4,11,15-16,18H,5-10H2,1-2H3. The van der Waals surface area contributed by atoms with Gasteiger partial charge in [-0.05, 0) is 31.4 Å². The Kier molecular flexibility index (Phi) is 4.75. The van der Waals surface area contributed by atoms with Crippen LogP contribution in [0.3, 0.4) is 0 Å². The lowest BCUT2D eigenvalue weighted by Gasteiger charge is -2.35. The number of rotatable bonds is 4. The Hall–Kier alpha value is -0.900. The van der Waals surface area contributed by atoms with Gasteiger partial charge in [0, 0.05) is 38.8 Å². The highest BCUT2D eigenvalue weighted by molar-refractivity contribution is 5.33. The van der Waals surface area contributed by atoms with Crippen molar-refractivity contribution < 1.29 is 5.11 Å². The molecule has 1 unspecified atom stereocenters. The Balaban J connectivity index is 2.22. The number of nitrogens with zero attached hydrogens (tertiary/aromatic N) is 1. The van der Waals surface area contributed by atoms with Gasteiger partial charge in [-0.15, -0.1) is 0 Å². The van der Waals surface area contributed by atoms with Crippen LogP contribution in [0, 0.1) is 13.8 Å². The van der Waals surface area contributed by atoms with Crippen molar-refractivity contribution in [2.75, 3.05) is 32.8 Å². The van der Waals surface area contributed by atoms with Crippen LogP contribution in [0.1, 0.15) is 29.2 Å². The summed E-state index contributed by atoms with van der Waals surface area (Å²) in [5.74, 6) is 0. The highest BCUT2D eigenvalue weighted by Gasteiger charge is 2.22. The van der Waals surface area contributed by atoms with Gasteiger partial charge >= 0.3 is 0 Å². The zero-order valence-corrected chi connectivity index (χ0v) is 11.4. The molecule has 1 heterocycles. The average molecular weight is 248 g/mol. The third-order valence-corrected chi connectivity index (χ3v) is 3.78. The second-order valence-corrected chi connectivity index (χ2v) is 5.17. The lowest BCUT2D eigenvalue weighted by Crippen LogP contribution is -2.45. The zero-order chi connectivity index (χ0) is 13.0. The number of hydrogen-bond donors (Lipinski definition) is 2. The second kappa shape index (κ2) is 6.32. The minimum Gasteiger partial charge on any atom is -0.396 e. The molecule has 1 saturated heterocycles. The van der Waals surface area contributed by atoms with E-state index in [1.807, 2.05) is 0 Å². The summed E-state index contributed by atoms with van der Waals surface area (Å²) < 4.78 is 0. The lowest BCUT2D eigenvalue weighted by atomic mass is 9.95. The van der Waals surface area contributed by atoms with Gasteiger partial charge in [0.15, 0.2) is 0 Å². The predicted octanol–water partition coefficient (Wildman–Crippen LogP) is 1.63. The molecule has 1 fully saturated rings. The third-order valence-electron chi connectivity index (χ3n) is 3.78. The van der Waals surface area contributed by atoms with Crippen LogP contribution < -0.4 is 5.32 Å². The van der Waals surface area contributed by atoms with Gasteiger partial charge in [0.25, 0.3) is 0 Å². The van der Waals surface area contributed by atoms with Crippen molar-refractivity contribution >= 4 is 0 Å². The average Bonchev–Trinajstić information content (AvgIpc) is 2.38. The van der Waals surface area contributed by atoms with Gasteiger partial charge < -0.3 is 10.4 Å². The van der Waals surface area contributed by atoms with Gasteiger partial charge in [0.05, 0.1) is 0 Å². The molecule has 0 saturated carbocycles. The quantitative estimate of drug-likeness (QED) is 0.850. The molecular formula is C15H24N2O. The molecule has 0 amide bonds. The molecule has 1 aromatic rings. The molecule has 3 heteroatoms. The summed E-state index contributed by atoms with van der Waals surface area (Å²) in [6, 6.07) is 7.00. The molecule has 1 aromatic carbocycles. The fourth-order valence-corrected chi connectivity index (χ4v) is 2.85. The minimum atomic E-state index is 0.252. The Bertz CT molecular complexity index is 386. The molecule has 0 spiro atoms. The first-order valence-corrected chi connectivity index (χ1v) is 6.85. The highest BCUT2D eigenvalue weighted by Crippen LogP contribution is 2.27. The van der Waals surface area contributed by atoms with Crippen LogP contribution in [0.2, 0.25) is 0 Å². The topological polar surface area (TPSA) is 35.5 Å². The molecule has 1 aliphatic rings. The number of hydrogen-bond acceptors (Lipinski definition) is 3. The normalized spacial score (nSPS) is 18.8. The molecular weight excluding hydrogens is 224 g/mol. The van der Waals surface area contributed by atoms with E-state index in [9.17, 15) is 5.11 Å². The van der Waals surface area contributed by atoms with E-state index in [-0.39, 0.29) is 6.61 Å². The number of benzene rings is 1. The SMILES string of the molecule is Cc1ccc(C(CCO)N2CCNCC2)c(C)c1. The number of piperazine rings is 1. The fraction of sp³-hybridized carbons (Fsp3) is 0.600. The molecule has 100 valence electrons. The summed E-state index contributed by atoms with van der Waals surface area (Å²) in [5, 5.41) is 12.7. The van der Waals surface area contributed by atoms with Crippen LogP contribution in [-0.2, 0) is 0 Å². The molecule has 2 rings (SSSR count). The molecule has 0 bridgehead atoms. The van der Waals surface area contributed by atoms with Gasteiger partial charge in [0.2, 0.25) is 0 Å². The summed E-state index contributed by atoms with van der Waals surface area (Å²) in [4.78, 5) is 2.49. The zero-order valence-electron chi connectivity index (χ0n) is 11.4. The molecule has 0 aliphatic carbocycles. The van der Waals surface area contributed by atoms with E-state index in [1.54, 1.807) is 0 Å². The molecule has 18 heavy (non-hydrogen) atoms.